The van der Waals surface area contributed by atoms with Gasteiger partial charge in [-0.15, -0.1) is 12.6 Å². The molecule has 0 fully saturated rings. The maximum atomic E-state index is 12.9. The number of aromatic nitrogens is 1. The molecule has 8 heteroatoms. The summed E-state index contributed by atoms with van der Waals surface area (Å²) in [6.45, 7) is 6.82. The van der Waals surface area contributed by atoms with Crippen molar-refractivity contribution in [3.63, 3.8) is 0 Å². The lowest BCUT2D eigenvalue weighted by molar-refractivity contribution is -0.137. The van der Waals surface area contributed by atoms with E-state index in [9.17, 15) is 18.0 Å². The number of alkyl halides is 3. The Balaban J connectivity index is 2.44. The van der Waals surface area contributed by atoms with Crippen LogP contribution in [0.25, 0.3) is 11.3 Å². The zero-order valence-electron chi connectivity index (χ0n) is 14.6. The van der Waals surface area contributed by atoms with Gasteiger partial charge in [-0.3, -0.25) is 9.78 Å². The molecule has 0 unspecified atom stereocenters. The summed E-state index contributed by atoms with van der Waals surface area (Å²) in [6.07, 6.45) is -3.67. The molecule has 27 heavy (non-hydrogen) atoms. The van der Waals surface area contributed by atoms with Crippen molar-refractivity contribution >= 4 is 36.0 Å². The number of anilines is 1. The van der Waals surface area contributed by atoms with Crippen LogP contribution in [-0.2, 0) is 11.0 Å². The summed E-state index contributed by atoms with van der Waals surface area (Å²) in [5.74, 6) is -0.385. The Morgan fingerprint density at radius 1 is 1.33 bits per heavy atom. The van der Waals surface area contributed by atoms with Gasteiger partial charge in [-0.2, -0.15) is 13.2 Å². The van der Waals surface area contributed by atoms with Gasteiger partial charge in [0.1, 0.15) is 0 Å². The van der Waals surface area contributed by atoms with Crippen LogP contribution in [0.4, 0.5) is 18.9 Å². The molecule has 3 nitrogen and oxygen atoms in total. The zero-order chi connectivity index (χ0) is 20.2. The normalized spacial score (nSPS) is 12.4. The molecule has 0 aliphatic heterocycles. The first-order valence-corrected chi connectivity index (χ1v) is 9.09. The van der Waals surface area contributed by atoms with Crippen molar-refractivity contribution in [2.24, 2.45) is 0 Å². The van der Waals surface area contributed by atoms with Gasteiger partial charge < -0.3 is 5.32 Å². The second-order valence-corrected chi connectivity index (χ2v) is 7.23. The molecule has 1 aromatic heterocycles. The molecule has 0 bridgehead atoms. The Bertz CT molecular complexity index is 904. The summed E-state index contributed by atoms with van der Waals surface area (Å²) < 4.78 is 38.6. The van der Waals surface area contributed by atoms with Crippen molar-refractivity contribution in [2.45, 2.75) is 20.0 Å². The van der Waals surface area contributed by atoms with Gasteiger partial charge in [0.25, 0.3) is 5.91 Å². The van der Waals surface area contributed by atoms with E-state index in [1.54, 1.807) is 38.1 Å². The first kappa shape index (κ1) is 21.1. The van der Waals surface area contributed by atoms with Crippen LogP contribution in [-0.4, -0.2) is 10.9 Å². The highest BCUT2D eigenvalue weighted by atomic mass is 32.2. The second kappa shape index (κ2) is 8.67. The Labute approximate surface area is 165 Å². The summed E-state index contributed by atoms with van der Waals surface area (Å²) in [4.78, 5) is 17.4. The smallest absolute Gasteiger partial charge is 0.321 e. The number of thioether (sulfide) groups is 1. The topological polar surface area (TPSA) is 42.0 Å². The Morgan fingerprint density at radius 2 is 2.00 bits per heavy atom. The number of hydrogen-bond donors (Lipinski definition) is 2. The van der Waals surface area contributed by atoms with Gasteiger partial charge in [-0.25, -0.2) is 0 Å². The van der Waals surface area contributed by atoms with Gasteiger partial charge in [0.05, 0.1) is 21.8 Å². The molecule has 0 spiro atoms. The summed E-state index contributed by atoms with van der Waals surface area (Å²) >= 11 is 5.35. The number of thiol groups is 1. The van der Waals surface area contributed by atoms with Crippen LogP contribution < -0.4 is 5.32 Å². The lowest BCUT2D eigenvalue weighted by Gasteiger charge is -2.15. The fourth-order valence-corrected chi connectivity index (χ4v) is 3.13. The minimum Gasteiger partial charge on any atom is -0.321 e. The predicted molar refractivity (Wildman–Crippen MR) is 108 cm³/mol. The van der Waals surface area contributed by atoms with Gasteiger partial charge in [0.2, 0.25) is 0 Å². The van der Waals surface area contributed by atoms with Crippen molar-refractivity contribution in [3.8, 4) is 11.3 Å². The number of carbonyl (C=O) groups is 1. The van der Waals surface area contributed by atoms with Crippen molar-refractivity contribution in [3.05, 3.63) is 69.5 Å². The van der Waals surface area contributed by atoms with Crippen LogP contribution in [0, 0.1) is 6.92 Å². The zero-order valence-corrected chi connectivity index (χ0v) is 16.3. The molecule has 0 aliphatic carbocycles. The molecule has 142 valence electrons. The van der Waals surface area contributed by atoms with Gasteiger partial charge in [0, 0.05) is 11.8 Å². The lowest BCUT2D eigenvalue weighted by atomic mass is 10.0. The van der Waals surface area contributed by atoms with Crippen molar-refractivity contribution < 1.29 is 18.0 Å². The van der Waals surface area contributed by atoms with Crippen LogP contribution in [0.15, 0.2) is 58.3 Å². The number of nitrogens with zero attached hydrogens (tertiary/aromatic N) is 1. The van der Waals surface area contributed by atoms with Gasteiger partial charge >= 0.3 is 6.18 Å². The third-order valence-corrected chi connectivity index (χ3v) is 4.84. The van der Waals surface area contributed by atoms with E-state index >= 15 is 0 Å². The van der Waals surface area contributed by atoms with Gasteiger partial charge in [-0.1, -0.05) is 36.5 Å². The third-order valence-electron chi connectivity index (χ3n) is 3.57. The number of para-hydroxylation sites is 1. The average molecular weight is 410 g/mol. The molecule has 0 radical (unpaired) electrons. The fourth-order valence-electron chi connectivity index (χ4n) is 2.38. The molecule has 0 atom stereocenters. The number of amides is 1. The Hall–Kier alpha value is -2.19. The van der Waals surface area contributed by atoms with Gasteiger partial charge in [-0.05, 0) is 41.9 Å². The predicted octanol–water partition coefficient (Wildman–Crippen LogP) is 6.05. The number of pyridine rings is 1. The van der Waals surface area contributed by atoms with E-state index in [1.165, 1.54) is 5.41 Å². The van der Waals surface area contributed by atoms with E-state index < -0.39 is 11.7 Å². The number of halogens is 3. The highest BCUT2D eigenvalue weighted by Crippen LogP contribution is 2.34. The van der Waals surface area contributed by atoms with Crippen LogP contribution in [0.2, 0.25) is 0 Å². The number of rotatable bonds is 5. The number of nitrogens with one attached hydrogen (secondary N) is 1. The minimum atomic E-state index is -4.46. The molecule has 2 rings (SSSR count). The maximum absolute atomic E-state index is 12.9. The quantitative estimate of drug-likeness (QED) is 0.466. The molecule has 2 aromatic rings. The standard InChI is InChI=1S/C19H17F3N2OS2/c1-4-27-17(12(3)26)18(25)24-15-8-6-5-7-14(15)16-11(2)9-13(10-23-16)19(20,21)22/h4-10,26H,1H2,2-3H3,(H,24,25)/b17-12+. The molecular formula is C19H17F3N2OS2. The van der Waals surface area contributed by atoms with Crippen molar-refractivity contribution in [2.75, 3.05) is 5.32 Å². The molecule has 1 amide bonds. The SMILES string of the molecule is C=CS/C(C(=O)Nc1ccccc1-c1ncc(C(F)(F)F)cc1C)=C(\C)S. The summed E-state index contributed by atoms with van der Waals surface area (Å²) in [5.41, 5.74) is 0.867. The molecule has 1 heterocycles. The van der Waals surface area contributed by atoms with Crippen molar-refractivity contribution in [1.29, 1.82) is 0 Å². The number of benzene rings is 1. The van der Waals surface area contributed by atoms with Crippen molar-refractivity contribution in [1.82, 2.24) is 4.98 Å². The monoisotopic (exact) mass is 410 g/mol. The van der Waals surface area contributed by atoms with E-state index in [1.807, 2.05) is 0 Å². The number of carbonyl (C=O) groups excluding carboxylic acids is 1. The fraction of sp³-hybridized carbons (Fsp3) is 0.158. The molecular weight excluding hydrogens is 393 g/mol. The molecule has 0 saturated heterocycles. The largest absolute Gasteiger partial charge is 0.417 e. The average Bonchev–Trinajstić information content (AvgIpc) is 2.59. The molecule has 0 saturated carbocycles. The third kappa shape index (κ3) is 5.17. The van der Waals surface area contributed by atoms with Gasteiger partial charge in [0.15, 0.2) is 0 Å². The number of allylic oxidation sites excluding steroid dienone is 1. The highest BCUT2D eigenvalue weighted by Gasteiger charge is 2.31. The van der Waals surface area contributed by atoms with E-state index in [-0.39, 0.29) is 5.91 Å². The molecule has 0 aliphatic rings. The lowest BCUT2D eigenvalue weighted by Crippen LogP contribution is -2.14. The van der Waals surface area contributed by atoms with E-state index in [0.29, 0.717) is 32.3 Å². The van der Waals surface area contributed by atoms with Crippen LogP contribution in [0.1, 0.15) is 18.1 Å². The maximum Gasteiger partial charge on any atom is 0.417 e. The molecule has 1 N–H and O–H groups in total. The Kier molecular flexibility index (Phi) is 6.78. The number of hydrogen-bond acceptors (Lipinski definition) is 4. The summed E-state index contributed by atoms with van der Waals surface area (Å²) in [7, 11) is 0. The van der Waals surface area contributed by atoms with Crippen LogP contribution in [0.5, 0.6) is 0 Å². The van der Waals surface area contributed by atoms with E-state index in [4.69, 9.17) is 0 Å². The first-order valence-electron chi connectivity index (χ1n) is 7.77. The summed E-state index contributed by atoms with van der Waals surface area (Å²) in [5, 5.41) is 4.29. The number of aryl methyl sites for hydroxylation is 1. The van der Waals surface area contributed by atoms with Crippen LogP contribution >= 0.6 is 24.4 Å². The van der Waals surface area contributed by atoms with E-state index in [0.717, 1.165) is 24.0 Å². The minimum absolute atomic E-state index is 0.355. The van der Waals surface area contributed by atoms with Crippen LogP contribution in [0.3, 0.4) is 0 Å². The highest BCUT2D eigenvalue weighted by molar-refractivity contribution is 8.07. The first-order chi connectivity index (χ1) is 12.6. The summed E-state index contributed by atoms with van der Waals surface area (Å²) in [6, 6.07) is 7.84. The molecule has 1 aromatic carbocycles. The second-order valence-electron chi connectivity index (χ2n) is 5.59. The van der Waals surface area contributed by atoms with E-state index in [2.05, 4.69) is 29.5 Å². The Morgan fingerprint density at radius 3 is 2.56 bits per heavy atom.